The van der Waals surface area contributed by atoms with Gasteiger partial charge in [-0.25, -0.2) is 22.1 Å². The van der Waals surface area contributed by atoms with Gasteiger partial charge in [-0.2, -0.15) is 0 Å². The highest BCUT2D eigenvalue weighted by Crippen LogP contribution is 2.17. The summed E-state index contributed by atoms with van der Waals surface area (Å²) in [7, 11) is -2.33. The van der Waals surface area contributed by atoms with Gasteiger partial charge in [0, 0.05) is 20.0 Å². The van der Waals surface area contributed by atoms with Crippen molar-refractivity contribution in [1.29, 1.82) is 0 Å². The van der Waals surface area contributed by atoms with E-state index in [1.165, 1.54) is 19.2 Å². The summed E-state index contributed by atoms with van der Waals surface area (Å²) < 4.78 is 49.4. The van der Waals surface area contributed by atoms with Crippen molar-refractivity contribution in [2.45, 2.75) is 24.3 Å². The molecule has 1 heterocycles. The molecule has 0 amide bonds. The zero-order valence-electron chi connectivity index (χ0n) is 15.2. The molecule has 0 saturated carbocycles. The Morgan fingerprint density at radius 3 is 2.61 bits per heavy atom. The standard InChI is InChI=1S/C19H19FN2O5S/c1-22(28(24,25)15-10-8-14(20)9-11-15)12-4-7-19(23)26-13-18-21-16-5-2-3-6-17(16)27-18/h2-3,5-6,8-11H,4,7,12-13H2,1H3. The predicted molar refractivity (Wildman–Crippen MR) is 99.3 cm³/mol. The van der Waals surface area contributed by atoms with Crippen molar-refractivity contribution in [1.82, 2.24) is 9.29 Å². The predicted octanol–water partition coefficient (Wildman–Crippen LogP) is 3.11. The Kier molecular flexibility index (Phi) is 6.05. The molecule has 148 valence electrons. The second-order valence-corrected chi connectivity index (χ2v) is 8.16. The van der Waals surface area contributed by atoms with Crippen LogP contribution in [-0.4, -0.2) is 37.3 Å². The number of sulfonamides is 1. The van der Waals surface area contributed by atoms with Crippen LogP contribution in [0.2, 0.25) is 0 Å². The van der Waals surface area contributed by atoms with Gasteiger partial charge in [-0.3, -0.25) is 4.79 Å². The molecule has 0 N–H and O–H groups in total. The molecule has 28 heavy (non-hydrogen) atoms. The van der Waals surface area contributed by atoms with Crippen molar-refractivity contribution in [2.75, 3.05) is 13.6 Å². The summed E-state index contributed by atoms with van der Waals surface area (Å²) in [5.74, 6) is -0.691. The van der Waals surface area contributed by atoms with Crippen LogP contribution in [0.5, 0.6) is 0 Å². The molecule has 0 radical (unpaired) electrons. The molecule has 2 aromatic carbocycles. The number of hydrogen-bond acceptors (Lipinski definition) is 6. The maximum Gasteiger partial charge on any atom is 0.306 e. The fraction of sp³-hybridized carbons (Fsp3) is 0.263. The maximum atomic E-state index is 13.0. The first kappa shape index (κ1) is 20.0. The fourth-order valence-corrected chi connectivity index (χ4v) is 3.76. The minimum Gasteiger partial charge on any atom is -0.456 e. The largest absolute Gasteiger partial charge is 0.456 e. The number of rotatable bonds is 8. The zero-order chi connectivity index (χ0) is 20.1. The van der Waals surface area contributed by atoms with Gasteiger partial charge in [0.05, 0.1) is 4.90 Å². The summed E-state index contributed by atoms with van der Waals surface area (Å²) in [6.07, 6.45) is 0.326. The summed E-state index contributed by atoms with van der Waals surface area (Å²) in [6.45, 7) is 0.0366. The van der Waals surface area contributed by atoms with Gasteiger partial charge in [0.2, 0.25) is 15.9 Å². The van der Waals surface area contributed by atoms with Crippen molar-refractivity contribution in [3.8, 4) is 0 Å². The van der Waals surface area contributed by atoms with Crippen molar-refractivity contribution in [3.63, 3.8) is 0 Å². The van der Waals surface area contributed by atoms with Crippen molar-refractivity contribution in [3.05, 3.63) is 60.2 Å². The van der Waals surface area contributed by atoms with Crippen LogP contribution in [0.4, 0.5) is 4.39 Å². The third kappa shape index (κ3) is 4.73. The van der Waals surface area contributed by atoms with Gasteiger partial charge in [0.1, 0.15) is 11.3 Å². The van der Waals surface area contributed by atoms with Crippen LogP contribution in [0.15, 0.2) is 57.8 Å². The van der Waals surface area contributed by atoms with Crippen molar-refractivity contribution < 1.29 is 26.8 Å². The minimum atomic E-state index is -3.73. The lowest BCUT2D eigenvalue weighted by Gasteiger charge is -2.16. The monoisotopic (exact) mass is 406 g/mol. The Morgan fingerprint density at radius 2 is 1.89 bits per heavy atom. The first-order chi connectivity index (χ1) is 13.4. The first-order valence-electron chi connectivity index (χ1n) is 8.58. The number of aromatic nitrogens is 1. The van der Waals surface area contributed by atoms with Crippen LogP contribution in [0.3, 0.4) is 0 Å². The average Bonchev–Trinajstić information content (AvgIpc) is 3.09. The number of hydrogen-bond donors (Lipinski definition) is 0. The number of para-hydroxylation sites is 2. The number of ether oxygens (including phenoxy) is 1. The summed E-state index contributed by atoms with van der Waals surface area (Å²) in [6, 6.07) is 11.8. The van der Waals surface area contributed by atoms with Crippen LogP contribution in [0.25, 0.3) is 11.1 Å². The topological polar surface area (TPSA) is 89.7 Å². The lowest BCUT2D eigenvalue weighted by molar-refractivity contribution is -0.145. The molecule has 0 unspecified atom stereocenters. The van der Waals surface area contributed by atoms with Crippen LogP contribution in [-0.2, 0) is 26.2 Å². The van der Waals surface area contributed by atoms with E-state index in [2.05, 4.69) is 4.98 Å². The normalized spacial score (nSPS) is 11.8. The SMILES string of the molecule is CN(CCCC(=O)OCc1nc2ccccc2o1)S(=O)(=O)c1ccc(F)cc1. The molecule has 0 saturated heterocycles. The Balaban J connectivity index is 1.46. The summed E-state index contributed by atoms with van der Waals surface area (Å²) >= 11 is 0. The van der Waals surface area contributed by atoms with Gasteiger partial charge in [-0.15, -0.1) is 0 Å². The quantitative estimate of drug-likeness (QED) is 0.534. The number of oxazole rings is 1. The molecule has 9 heteroatoms. The molecule has 0 bridgehead atoms. The minimum absolute atomic E-state index is 0.00469. The maximum absolute atomic E-state index is 13.0. The molecule has 0 aliphatic rings. The van der Waals surface area contributed by atoms with Gasteiger partial charge < -0.3 is 9.15 Å². The third-order valence-electron chi connectivity index (χ3n) is 4.07. The van der Waals surface area contributed by atoms with Crippen molar-refractivity contribution >= 4 is 27.1 Å². The number of nitrogens with zero attached hydrogens (tertiary/aromatic N) is 2. The lowest BCUT2D eigenvalue weighted by Crippen LogP contribution is -2.28. The molecular weight excluding hydrogens is 387 g/mol. The molecule has 1 aromatic heterocycles. The Labute approximate surface area is 161 Å². The van der Waals surface area contributed by atoms with E-state index in [0.29, 0.717) is 17.0 Å². The van der Waals surface area contributed by atoms with E-state index in [0.717, 1.165) is 16.4 Å². The van der Waals surface area contributed by atoms with Crippen LogP contribution in [0, 0.1) is 5.82 Å². The van der Waals surface area contributed by atoms with Crippen LogP contribution in [0.1, 0.15) is 18.7 Å². The summed E-state index contributed by atoms with van der Waals surface area (Å²) in [5, 5.41) is 0. The van der Waals surface area contributed by atoms with E-state index in [4.69, 9.17) is 9.15 Å². The first-order valence-corrected chi connectivity index (χ1v) is 10.0. The molecular formula is C19H19FN2O5S. The molecule has 0 aliphatic heterocycles. The van der Waals surface area contributed by atoms with Gasteiger partial charge in [0.15, 0.2) is 12.2 Å². The summed E-state index contributed by atoms with van der Waals surface area (Å²) in [5.41, 5.74) is 1.29. The van der Waals surface area contributed by atoms with Gasteiger partial charge in [0.25, 0.3) is 0 Å². The van der Waals surface area contributed by atoms with E-state index >= 15 is 0 Å². The van der Waals surface area contributed by atoms with Crippen LogP contribution < -0.4 is 0 Å². The molecule has 3 aromatic rings. The zero-order valence-corrected chi connectivity index (χ0v) is 16.0. The fourth-order valence-electron chi connectivity index (χ4n) is 2.55. The van der Waals surface area contributed by atoms with Gasteiger partial charge in [-0.05, 0) is 42.8 Å². The highest BCUT2D eigenvalue weighted by Gasteiger charge is 2.20. The second kappa shape index (κ2) is 8.49. The lowest BCUT2D eigenvalue weighted by atomic mass is 10.3. The Bertz CT molecular complexity index is 1030. The Morgan fingerprint density at radius 1 is 1.18 bits per heavy atom. The van der Waals surface area contributed by atoms with Gasteiger partial charge >= 0.3 is 5.97 Å². The number of halogens is 1. The highest BCUT2D eigenvalue weighted by molar-refractivity contribution is 7.89. The second-order valence-electron chi connectivity index (χ2n) is 6.12. The van der Waals surface area contributed by atoms with Gasteiger partial charge in [-0.1, -0.05) is 12.1 Å². The Hall–Kier alpha value is -2.78. The molecule has 0 fully saturated rings. The van der Waals surface area contributed by atoms with E-state index < -0.39 is 21.8 Å². The average molecular weight is 406 g/mol. The molecule has 0 spiro atoms. The van der Waals surface area contributed by atoms with E-state index in [1.54, 1.807) is 12.1 Å². The van der Waals surface area contributed by atoms with Crippen molar-refractivity contribution in [2.24, 2.45) is 0 Å². The number of fused-ring (bicyclic) bond motifs is 1. The van der Waals surface area contributed by atoms with Crippen LogP contribution >= 0.6 is 0 Å². The van der Waals surface area contributed by atoms with E-state index in [9.17, 15) is 17.6 Å². The number of carbonyl (C=O) groups excluding carboxylic acids is 1. The number of benzene rings is 2. The molecule has 0 atom stereocenters. The number of esters is 1. The number of carbonyl (C=O) groups is 1. The smallest absolute Gasteiger partial charge is 0.306 e. The van der Waals surface area contributed by atoms with E-state index in [-0.39, 0.29) is 30.9 Å². The highest BCUT2D eigenvalue weighted by atomic mass is 32.2. The van der Waals surface area contributed by atoms with E-state index in [1.807, 2.05) is 12.1 Å². The summed E-state index contributed by atoms with van der Waals surface area (Å²) in [4.78, 5) is 16.1. The molecule has 3 rings (SSSR count). The molecule has 7 nitrogen and oxygen atoms in total. The third-order valence-corrected chi connectivity index (χ3v) is 5.94. The molecule has 0 aliphatic carbocycles.